The van der Waals surface area contributed by atoms with Crippen molar-refractivity contribution < 1.29 is 9.59 Å². The zero-order valence-corrected chi connectivity index (χ0v) is 14.9. The van der Waals surface area contributed by atoms with Crippen LogP contribution in [0.2, 0.25) is 0 Å². The van der Waals surface area contributed by atoms with Crippen molar-refractivity contribution in [3.63, 3.8) is 0 Å². The number of urea groups is 1. The summed E-state index contributed by atoms with van der Waals surface area (Å²) in [6, 6.07) is 11.3. The summed E-state index contributed by atoms with van der Waals surface area (Å²) in [6.45, 7) is 2.22. The lowest BCUT2D eigenvalue weighted by Crippen LogP contribution is -2.41. The van der Waals surface area contributed by atoms with E-state index in [0.717, 1.165) is 43.6 Å². The monoisotopic (exact) mass is 357 g/mol. The average Bonchev–Trinajstić information content (AvgIpc) is 3.18. The quantitative estimate of drug-likeness (QED) is 0.855. The summed E-state index contributed by atoms with van der Waals surface area (Å²) in [5, 5.41) is 9.67. The zero-order valence-electron chi connectivity index (χ0n) is 14.1. The van der Waals surface area contributed by atoms with Crippen LogP contribution in [0.15, 0.2) is 47.2 Å². The third-order valence-electron chi connectivity index (χ3n) is 4.55. The third kappa shape index (κ3) is 5.06. The minimum atomic E-state index is -0.0320. The number of nitrogens with one attached hydrogen (secondary N) is 2. The Morgan fingerprint density at radius 1 is 1.12 bits per heavy atom. The molecule has 1 aromatic heterocycles. The molecule has 0 atom stereocenters. The van der Waals surface area contributed by atoms with Gasteiger partial charge in [0.15, 0.2) is 0 Å². The lowest BCUT2D eigenvalue weighted by Gasteiger charge is -2.32. The van der Waals surface area contributed by atoms with Crippen molar-refractivity contribution in [1.82, 2.24) is 10.2 Å². The van der Waals surface area contributed by atoms with Gasteiger partial charge in [-0.2, -0.15) is 11.3 Å². The second-order valence-corrected chi connectivity index (χ2v) is 7.06. The van der Waals surface area contributed by atoms with E-state index in [0.29, 0.717) is 12.5 Å². The number of para-hydroxylation sites is 1. The van der Waals surface area contributed by atoms with Crippen LogP contribution in [0.1, 0.15) is 29.6 Å². The molecule has 0 radical (unpaired) electrons. The predicted octanol–water partition coefficient (Wildman–Crippen LogP) is 3.81. The second kappa shape index (κ2) is 8.67. The fourth-order valence-corrected chi connectivity index (χ4v) is 3.67. The zero-order chi connectivity index (χ0) is 17.5. The van der Waals surface area contributed by atoms with Crippen molar-refractivity contribution >= 4 is 29.0 Å². The van der Waals surface area contributed by atoms with E-state index in [1.165, 1.54) is 11.3 Å². The molecule has 25 heavy (non-hydrogen) atoms. The van der Waals surface area contributed by atoms with E-state index in [2.05, 4.69) is 10.6 Å². The molecule has 3 amide bonds. The first kappa shape index (κ1) is 17.5. The molecule has 6 heteroatoms. The Kier molecular flexibility index (Phi) is 6.06. The maximum Gasteiger partial charge on any atom is 0.321 e. The number of benzene rings is 1. The van der Waals surface area contributed by atoms with Gasteiger partial charge in [0, 0.05) is 36.3 Å². The van der Waals surface area contributed by atoms with E-state index in [9.17, 15) is 9.59 Å². The van der Waals surface area contributed by atoms with Gasteiger partial charge in [0.25, 0.3) is 5.91 Å². The molecule has 0 unspecified atom stereocenters. The molecule has 2 N–H and O–H groups in total. The summed E-state index contributed by atoms with van der Waals surface area (Å²) in [7, 11) is 0. The third-order valence-corrected chi connectivity index (χ3v) is 5.23. The summed E-state index contributed by atoms with van der Waals surface area (Å²) in [5.41, 5.74) is 1.56. The topological polar surface area (TPSA) is 61.4 Å². The van der Waals surface area contributed by atoms with Gasteiger partial charge in [-0.3, -0.25) is 4.79 Å². The molecular weight excluding hydrogens is 334 g/mol. The van der Waals surface area contributed by atoms with Gasteiger partial charge < -0.3 is 15.5 Å². The van der Waals surface area contributed by atoms with Gasteiger partial charge in [-0.25, -0.2) is 4.79 Å². The second-order valence-electron chi connectivity index (χ2n) is 6.28. The number of carbonyl (C=O) groups is 2. The van der Waals surface area contributed by atoms with E-state index in [1.54, 1.807) is 0 Å². The Morgan fingerprint density at radius 2 is 1.88 bits per heavy atom. The van der Waals surface area contributed by atoms with Crippen LogP contribution in [0.25, 0.3) is 0 Å². The standard InChI is InChI=1S/C19H23N3O2S/c23-18(16-9-13-25-14-16)20-10-6-15-7-11-22(12-8-15)19(24)21-17-4-2-1-3-5-17/h1-5,9,13-15H,6-8,10-12H2,(H,20,23)(H,21,24). The minimum Gasteiger partial charge on any atom is -0.352 e. The Labute approximate surface area is 152 Å². The van der Waals surface area contributed by atoms with Crippen LogP contribution in [0.4, 0.5) is 10.5 Å². The van der Waals surface area contributed by atoms with Gasteiger partial charge in [-0.05, 0) is 48.8 Å². The molecule has 0 spiro atoms. The van der Waals surface area contributed by atoms with Gasteiger partial charge >= 0.3 is 6.03 Å². The first-order valence-corrected chi connectivity index (χ1v) is 9.58. The molecule has 1 saturated heterocycles. The maximum atomic E-state index is 12.3. The van der Waals surface area contributed by atoms with Gasteiger partial charge in [0.05, 0.1) is 0 Å². The van der Waals surface area contributed by atoms with Crippen LogP contribution in [0, 0.1) is 5.92 Å². The SMILES string of the molecule is O=C(NCCC1CCN(C(=O)Nc2ccccc2)CC1)c1ccsc1. The van der Waals surface area contributed by atoms with Gasteiger partial charge in [0.2, 0.25) is 0 Å². The number of thiophene rings is 1. The van der Waals surface area contributed by atoms with Crippen LogP contribution in [-0.2, 0) is 0 Å². The molecule has 0 aliphatic carbocycles. The number of nitrogens with zero attached hydrogens (tertiary/aromatic N) is 1. The van der Waals surface area contributed by atoms with Crippen molar-refractivity contribution in [2.75, 3.05) is 25.0 Å². The highest BCUT2D eigenvalue weighted by atomic mass is 32.1. The predicted molar refractivity (Wildman–Crippen MR) is 101 cm³/mol. The van der Waals surface area contributed by atoms with E-state index in [4.69, 9.17) is 0 Å². The van der Waals surface area contributed by atoms with Crippen molar-refractivity contribution in [3.05, 3.63) is 52.7 Å². The molecule has 1 aliphatic heterocycles. The van der Waals surface area contributed by atoms with E-state index >= 15 is 0 Å². The highest BCUT2D eigenvalue weighted by Crippen LogP contribution is 2.21. The lowest BCUT2D eigenvalue weighted by molar-refractivity contribution is 0.0950. The first-order valence-electron chi connectivity index (χ1n) is 8.64. The number of amides is 3. The molecule has 1 aromatic carbocycles. The van der Waals surface area contributed by atoms with Crippen LogP contribution >= 0.6 is 11.3 Å². The Balaban J connectivity index is 1.35. The lowest BCUT2D eigenvalue weighted by atomic mass is 9.93. The summed E-state index contributed by atoms with van der Waals surface area (Å²) < 4.78 is 0. The molecule has 132 valence electrons. The smallest absolute Gasteiger partial charge is 0.321 e. The Bertz CT molecular complexity index is 680. The van der Waals surface area contributed by atoms with Crippen LogP contribution < -0.4 is 10.6 Å². The molecule has 0 bridgehead atoms. The summed E-state index contributed by atoms with van der Waals surface area (Å²) in [5.74, 6) is 0.560. The molecule has 3 rings (SSSR count). The molecule has 2 heterocycles. The maximum absolute atomic E-state index is 12.3. The number of hydrogen-bond donors (Lipinski definition) is 2. The Hall–Kier alpha value is -2.34. The van der Waals surface area contributed by atoms with E-state index in [1.807, 2.05) is 52.1 Å². The van der Waals surface area contributed by atoms with Gasteiger partial charge in [-0.1, -0.05) is 18.2 Å². The molecule has 1 fully saturated rings. The number of piperidine rings is 1. The Morgan fingerprint density at radius 3 is 2.56 bits per heavy atom. The molecule has 0 saturated carbocycles. The average molecular weight is 357 g/mol. The fourth-order valence-electron chi connectivity index (χ4n) is 3.03. The molecule has 5 nitrogen and oxygen atoms in total. The van der Waals surface area contributed by atoms with Crippen molar-refractivity contribution in [1.29, 1.82) is 0 Å². The molecule has 1 aliphatic rings. The van der Waals surface area contributed by atoms with E-state index < -0.39 is 0 Å². The highest BCUT2D eigenvalue weighted by Gasteiger charge is 2.22. The van der Waals surface area contributed by atoms with Crippen LogP contribution in [0.3, 0.4) is 0 Å². The largest absolute Gasteiger partial charge is 0.352 e. The number of carbonyl (C=O) groups excluding carboxylic acids is 2. The van der Waals surface area contributed by atoms with Gasteiger partial charge in [-0.15, -0.1) is 0 Å². The summed E-state index contributed by atoms with van der Waals surface area (Å²) in [4.78, 5) is 26.0. The van der Waals surface area contributed by atoms with Gasteiger partial charge in [0.1, 0.15) is 0 Å². The van der Waals surface area contributed by atoms with Crippen molar-refractivity contribution in [2.24, 2.45) is 5.92 Å². The van der Waals surface area contributed by atoms with Crippen molar-refractivity contribution in [3.8, 4) is 0 Å². The normalized spacial score (nSPS) is 15.0. The number of anilines is 1. The fraction of sp³-hybridized carbons (Fsp3) is 0.368. The number of hydrogen-bond acceptors (Lipinski definition) is 3. The van der Waals surface area contributed by atoms with Crippen molar-refractivity contribution in [2.45, 2.75) is 19.3 Å². The van der Waals surface area contributed by atoms with Crippen LogP contribution in [-0.4, -0.2) is 36.5 Å². The minimum absolute atomic E-state index is 0.000856. The number of likely N-dealkylation sites (tertiary alicyclic amines) is 1. The molecular formula is C19H23N3O2S. The number of rotatable bonds is 5. The van der Waals surface area contributed by atoms with Crippen LogP contribution in [0.5, 0.6) is 0 Å². The highest BCUT2D eigenvalue weighted by molar-refractivity contribution is 7.08. The summed E-state index contributed by atoms with van der Waals surface area (Å²) in [6.07, 6.45) is 2.93. The first-order chi connectivity index (χ1) is 12.2. The van der Waals surface area contributed by atoms with E-state index in [-0.39, 0.29) is 11.9 Å². The molecule has 2 aromatic rings. The summed E-state index contributed by atoms with van der Waals surface area (Å²) >= 11 is 1.53.